The summed E-state index contributed by atoms with van der Waals surface area (Å²) in [6.07, 6.45) is -2.01. The number of benzene rings is 1. The fraction of sp³-hybridized carbons (Fsp3) is 0.677. The molecule has 1 aromatic rings. The highest BCUT2D eigenvalue weighted by Crippen LogP contribution is 2.30. The minimum absolute atomic E-state index is 0.0159. The molecule has 11 heteroatoms. The summed E-state index contributed by atoms with van der Waals surface area (Å²) < 4.78 is 31.7. The van der Waals surface area contributed by atoms with E-state index in [1.54, 1.807) is 26.8 Å². The molecule has 0 saturated heterocycles. The van der Waals surface area contributed by atoms with E-state index in [1.165, 1.54) is 12.1 Å². The summed E-state index contributed by atoms with van der Waals surface area (Å²) in [7, 11) is 0. The predicted molar refractivity (Wildman–Crippen MR) is 156 cm³/mol. The van der Waals surface area contributed by atoms with E-state index < -0.39 is 36.5 Å². The summed E-state index contributed by atoms with van der Waals surface area (Å²) >= 11 is 0. The van der Waals surface area contributed by atoms with E-state index in [0.717, 1.165) is 0 Å². The molecular weight excluding hydrogens is 546 g/mol. The van der Waals surface area contributed by atoms with Gasteiger partial charge in [-0.25, -0.2) is 9.59 Å². The van der Waals surface area contributed by atoms with Crippen molar-refractivity contribution in [3.05, 3.63) is 23.8 Å². The van der Waals surface area contributed by atoms with Gasteiger partial charge >= 0.3 is 24.2 Å². The van der Waals surface area contributed by atoms with Gasteiger partial charge in [-0.2, -0.15) is 0 Å². The van der Waals surface area contributed by atoms with Gasteiger partial charge in [-0.3, -0.25) is 9.59 Å². The van der Waals surface area contributed by atoms with E-state index in [1.807, 2.05) is 41.5 Å². The maximum Gasteiger partial charge on any atom is 0.513 e. The number of hydrogen-bond acceptors (Lipinski definition) is 11. The van der Waals surface area contributed by atoms with E-state index in [9.17, 15) is 19.2 Å². The van der Waals surface area contributed by atoms with Crippen LogP contribution in [0.3, 0.4) is 0 Å². The van der Waals surface area contributed by atoms with Crippen LogP contribution in [0, 0.1) is 23.7 Å². The fourth-order valence-electron chi connectivity index (χ4n) is 3.20. The summed E-state index contributed by atoms with van der Waals surface area (Å²) in [4.78, 5) is 49.5. The van der Waals surface area contributed by atoms with Gasteiger partial charge in [0, 0.05) is 0 Å². The van der Waals surface area contributed by atoms with Crippen LogP contribution in [0.2, 0.25) is 0 Å². The third kappa shape index (κ3) is 14.0. The fourth-order valence-corrected chi connectivity index (χ4v) is 3.20. The van der Waals surface area contributed by atoms with Crippen molar-refractivity contribution < 1.29 is 47.6 Å². The van der Waals surface area contributed by atoms with Gasteiger partial charge in [0.15, 0.2) is 11.5 Å². The average Bonchev–Trinajstić information content (AvgIpc) is 2.88. The third-order valence-electron chi connectivity index (χ3n) is 6.62. The van der Waals surface area contributed by atoms with Crippen molar-refractivity contribution in [3.63, 3.8) is 0 Å². The van der Waals surface area contributed by atoms with Gasteiger partial charge in [-0.1, -0.05) is 54.5 Å². The first-order chi connectivity index (χ1) is 19.6. The summed E-state index contributed by atoms with van der Waals surface area (Å²) in [5, 5.41) is 0. The SMILES string of the molecule is CC(C)CCOC(=O)Oc1ccc(C[C@H](N)C(=O)O[C@@H](C)[C@H](C)OC(=O)C(C)C(C)C)cc1OC(=O)OCCC(C)C. The molecule has 0 amide bonds. The molecule has 0 spiro atoms. The molecule has 1 rings (SSSR count). The molecule has 0 saturated carbocycles. The van der Waals surface area contributed by atoms with Gasteiger partial charge in [-0.15, -0.1) is 0 Å². The number of carbonyl (C=O) groups excluding carboxylic acids is 4. The van der Waals surface area contributed by atoms with Crippen LogP contribution in [0.1, 0.15) is 80.7 Å². The topological polar surface area (TPSA) is 150 Å². The Labute approximate surface area is 249 Å². The van der Waals surface area contributed by atoms with Crippen LogP contribution in [-0.2, 0) is 35.0 Å². The Morgan fingerprint density at radius 3 is 1.64 bits per heavy atom. The first-order valence-electron chi connectivity index (χ1n) is 14.6. The lowest BCUT2D eigenvalue weighted by Gasteiger charge is -2.24. The minimum Gasteiger partial charge on any atom is -0.459 e. The molecule has 0 aliphatic heterocycles. The van der Waals surface area contributed by atoms with E-state index in [2.05, 4.69) is 0 Å². The number of esters is 2. The Morgan fingerprint density at radius 1 is 0.690 bits per heavy atom. The Morgan fingerprint density at radius 2 is 1.17 bits per heavy atom. The molecule has 2 N–H and O–H groups in total. The standard InChI is InChI=1S/C31H49NO10/c1-18(2)12-14-37-30(35)41-26-11-10-24(17-27(26)42-31(36)38-15-13-19(3)4)16-25(32)29(34)40-23(9)22(8)39-28(33)21(7)20(5)6/h10-11,17-23,25H,12-16,32H2,1-9H3/t21?,22-,23-,25-/m0/s1. The summed E-state index contributed by atoms with van der Waals surface area (Å²) in [5.41, 5.74) is 6.61. The zero-order valence-electron chi connectivity index (χ0n) is 26.5. The van der Waals surface area contributed by atoms with Crippen molar-refractivity contribution in [2.45, 2.75) is 99.8 Å². The Balaban J connectivity index is 2.92. The van der Waals surface area contributed by atoms with Gasteiger partial charge in [-0.05, 0) is 68.6 Å². The number of rotatable bonds is 16. The van der Waals surface area contributed by atoms with Crippen molar-refractivity contribution in [2.24, 2.45) is 29.4 Å². The first kappa shape index (κ1) is 36.7. The van der Waals surface area contributed by atoms with E-state index >= 15 is 0 Å². The van der Waals surface area contributed by atoms with Gasteiger partial charge in [0.25, 0.3) is 0 Å². The van der Waals surface area contributed by atoms with Crippen molar-refractivity contribution in [3.8, 4) is 11.5 Å². The molecule has 0 radical (unpaired) electrons. The Kier molecular flexibility index (Phi) is 15.9. The Hall–Kier alpha value is -3.34. The molecule has 0 fully saturated rings. The van der Waals surface area contributed by atoms with Crippen molar-refractivity contribution in [1.82, 2.24) is 0 Å². The summed E-state index contributed by atoms with van der Waals surface area (Å²) in [6.45, 7) is 17.2. The molecule has 0 bridgehead atoms. The molecule has 42 heavy (non-hydrogen) atoms. The highest BCUT2D eigenvalue weighted by atomic mass is 16.7. The number of carbonyl (C=O) groups is 4. The predicted octanol–water partition coefficient (Wildman–Crippen LogP) is 5.83. The minimum atomic E-state index is -1.08. The largest absolute Gasteiger partial charge is 0.513 e. The second-order valence-electron chi connectivity index (χ2n) is 11.7. The van der Waals surface area contributed by atoms with Crippen LogP contribution >= 0.6 is 0 Å². The Bertz CT molecular complexity index is 1020. The van der Waals surface area contributed by atoms with Crippen molar-refractivity contribution >= 4 is 24.2 Å². The third-order valence-corrected chi connectivity index (χ3v) is 6.62. The molecule has 238 valence electrons. The molecule has 1 aromatic carbocycles. The number of hydrogen-bond donors (Lipinski definition) is 1. The second kappa shape index (κ2) is 18.3. The zero-order valence-corrected chi connectivity index (χ0v) is 26.5. The molecule has 0 aliphatic carbocycles. The summed E-state index contributed by atoms with van der Waals surface area (Å²) in [6, 6.07) is 3.33. The highest BCUT2D eigenvalue weighted by Gasteiger charge is 2.27. The van der Waals surface area contributed by atoms with Gasteiger partial charge in [0.2, 0.25) is 0 Å². The molecule has 0 heterocycles. The van der Waals surface area contributed by atoms with Gasteiger partial charge in [0.05, 0.1) is 19.1 Å². The average molecular weight is 596 g/mol. The summed E-state index contributed by atoms with van der Waals surface area (Å²) in [5.74, 6) is -0.764. The maximum absolute atomic E-state index is 12.7. The van der Waals surface area contributed by atoms with Crippen molar-refractivity contribution in [2.75, 3.05) is 13.2 Å². The van der Waals surface area contributed by atoms with Crippen LogP contribution in [-0.4, -0.2) is 55.7 Å². The van der Waals surface area contributed by atoms with Gasteiger partial charge in [0.1, 0.15) is 18.2 Å². The van der Waals surface area contributed by atoms with Crippen LogP contribution in [0.15, 0.2) is 18.2 Å². The lowest BCUT2D eigenvalue weighted by Crippen LogP contribution is -2.40. The second-order valence-corrected chi connectivity index (χ2v) is 11.7. The zero-order chi connectivity index (χ0) is 32.0. The smallest absolute Gasteiger partial charge is 0.459 e. The van der Waals surface area contributed by atoms with E-state index in [-0.39, 0.29) is 48.9 Å². The molecule has 0 aromatic heterocycles. The molecule has 11 nitrogen and oxygen atoms in total. The van der Waals surface area contributed by atoms with Crippen LogP contribution < -0.4 is 15.2 Å². The molecule has 4 atom stereocenters. The number of ether oxygens (including phenoxy) is 6. The first-order valence-corrected chi connectivity index (χ1v) is 14.6. The lowest BCUT2D eigenvalue weighted by atomic mass is 9.98. The normalized spacial score (nSPS) is 14.1. The van der Waals surface area contributed by atoms with Crippen LogP contribution in [0.25, 0.3) is 0 Å². The number of nitrogens with two attached hydrogens (primary N) is 1. The quantitative estimate of drug-likeness (QED) is 0.140. The van der Waals surface area contributed by atoms with Crippen molar-refractivity contribution in [1.29, 1.82) is 0 Å². The lowest BCUT2D eigenvalue weighted by molar-refractivity contribution is -0.169. The highest BCUT2D eigenvalue weighted by molar-refractivity contribution is 5.76. The monoisotopic (exact) mass is 595 g/mol. The van der Waals surface area contributed by atoms with Crippen LogP contribution in [0.5, 0.6) is 11.5 Å². The van der Waals surface area contributed by atoms with E-state index in [0.29, 0.717) is 30.2 Å². The van der Waals surface area contributed by atoms with E-state index in [4.69, 9.17) is 34.2 Å². The molecular formula is C31H49NO10. The molecule has 1 unspecified atom stereocenters. The molecule has 0 aliphatic rings. The van der Waals surface area contributed by atoms with Gasteiger partial charge < -0.3 is 34.2 Å². The van der Waals surface area contributed by atoms with Crippen LogP contribution in [0.4, 0.5) is 9.59 Å². The maximum atomic E-state index is 12.7.